The standard InChI is InChI=1S/C16H18N2O3S/c1-11-6-7-22-15(11)10-17-18-16(19)9-12-4-5-13(20-2)14(8-12)21-3/h4-8,10H,9H2,1-3H3,(H,18,19)/b17-10-. The Balaban J connectivity index is 1.94. The molecule has 0 aliphatic heterocycles. The molecule has 1 aromatic heterocycles. The first-order valence-corrected chi connectivity index (χ1v) is 7.59. The van der Waals surface area contributed by atoms with Crippen LogP contribution in [0.15, 0.2) is 34.7 Å². The molecule has 1 aromatic carbocycles. The van der Waals surface area contributed by atoms with E-state index >= 15 is 0 Å². The Kier molecular flexibility index (Phi) is 5.55. The average Bonchev–Trinajstić information content (AvgIpc) is 2.92. The number of methoxy groups -OCH3 is 2. The zero-order valence-corrected chi connectivity index (χ0v) is 13.6. The Hall–Kier alpha value is -2.34. The highest BCUT2D eigenvalue weighted by molar-refractivity contribution is 7.11. The number of carbonyl (C=O) groups is 1. The number of thiophene rings is 1. The van der Waals surface area contributed by atoms with Crippen molar-refractivity contribution in [3.05, 3.63) is 45.6 Å². The largest absolute Gasteiger partial charge is 0.493 e. The number of nitrogens with one attached hydrogen (secondary N) is 1. The molecule has 0 saturated carbocycles. The summed E-state index contributed by atoms with van der Waals surface area (Å²) in [6, 6.07) is 7.40. The number of benzene rings is 1. The predicted octanol–water partition coefficient (Wildman–Crippen LogP) is 2.77. The first-order chi connectivity index (χ1) is 10.6. The minimum Gasteiger partial charge on any atom is -0.493 e. The van der Waals surface area contributed by atoms with E-state index in [-0.39, 0.29) is 12.3 Å². The van der Waals surface area contributed by atoms with Gasteiger partial charge in [-0.15, -0.1) is 11.3 Å². The summed E-state index contributed by atoms with van der Waals surface area (Å²) in [7, 11) is 3.14. The fraction of sp³-hybridized carbons (Fsp3) is 0.250. The quantitative estimate of drug-likeness (QED) is 0.658. The number of amides is 1. The number of aryl methyl sites for hydroxylation is 1. The van der Waals surface area contributed by atoms with Crippen LogP contribution in [0.25, 0.3) is 0 Å². The van der Waals surface area contributed by atoms with E-state index in [4.69, 9.17) is 9.47 Å². The molecule has 0 unspecified atom stereocenters. The molecule has 2 aromatic rings. The van der Waals surface area contributed by atoms with Crippen molar-refractivity contribution in [1.82, 2.24) is 5.43 Å². The van der Waals surface area contributed by atoms with E-state index < -0.39 is 0 Å². The van der Waals surface area contributed by atoms with Gasteiger partial charge in [-0.05, 0) is 41.6 Å². The lowest BCUT2D eigenvalue weighted by Gasteiger charge is -2.09. The van der Waals surface area contributed by atoms with Crippen LogP contribution in [-0.4, -0.2) is 26.3 Å². The molecule has 1 amide bonds. The molecule has 0 bridgehead atoms. The van der Waals surface area contributed by atoms with E-state index in [1.54, 1.807) is 43.9 Å². The van der Waals surface area contributed by atoms with E-state index in [9.17, 15) is 4.79 Å². The first-order valence-electron chi connectivity index (χ1n) is 6.71. The zero-order valence-electron chi connectivity index (χ0n) is 12.8. The lowest BCUT2D eigenvalue weighted by atomic mass is 10.1. The maximum atomic E-state index is 11.9. The number of hydrogen-bond acceptors (Lipinski definition) is 5. The van der Waals surface area contributed by atoms with Gasteiger partial charge >= 0.3 is 0 Å². The smallest absolute Gasteiger partial charge is 0.244 e. The Morgan fingerprint density at radius 1 is 1.27 bits per heavy atom. The van der Waals surface area contributed by atoms with Gasteiger partial charge in [-0.2, -0.15) is 5.10 Å². The average molecular weight is 318 g/mol. The van der Waals surface area contributed by atoms with Gasteiger partial charge in [-0.1, -0.05) is 6.07 Å². The highest BCUT2D eigenvalue weighted by Crippen LogP contribution is 2.27. The Morgan fingerprint density at radius 2 is 2.05 bits per heavy atom. The van der Waals surface area contributed by atoms with Crippen molar-refractivity contribution in [3.8, 4) is 11.5 Å². The van der Waals surface area contributed by atoms with E-state index in [0.29, 0.717) is 11.5 Å². The molecule has 0 fully saturated rings. The fourth-order valence-corrected chi connectivity index (χ4v) is 2.68. The summed E-state index contributed by atoms with van der Waals surface area (Å²) >= 11 is 1.58. The van der Waals surface area contributed by atoms with Gasteiger partial charge in [0.25, 0.3) is 0 Å². The van der Waals surface area contributed by atoms with Crippen LogP contribution in [0.2, 0.25) is 0 Å². The molecule has 2 rings (SSSR count). The van der Waals surface area contributed by atoms with E-state index in [0.717, 1.165) is 16.0 Å². The van der Waals surface area contributed by atoms with Crippen LogP contribution in [0.4, 0.5) is 0 Å². The molecular weight excluding hydrogens is 300 g/mol. The normalized spacial score (nSPS) is 10.7. The van der Waals surface area contributed by atoms with E-state index in [1.165, 1.54) is 0 Å². The lowest BCUT2D eigenvalue weighted by molar-refractivity contribution is -0.120. The molecule has 116 valence electrons. The van der Waals surface area contributed by atoms with Gasteiger partial charge in [0.15, 0.2) is 11.5 Å². The van der Waals surface area contributed by atoms with Gasteiger partial charge in [0.05, 0.1) is 26.9 Å². The SMILES string of the molecule is COc1ccc(CC(=O)N/N=C\c2sccc2C)cc1OC. The summed E-state index contributed by atoms with van der Waals surface area (Å²) in [4.78, 5) is 12.9. The highest BCUT2D eigenvalue weighted by atomic mass is 32.1. The van der Waals surface area contributed by atoms with Crippen LogP contribution in [0.1, 0.15) is 16.0 Å². The van der Waals surface area contributed by atoms with Crippen molar-refractivity contribution in [1.29, 1.82) is 0 Å². The third-order valence-corrected chi connectivity index (χ3v) is 4.04. The molecule has 0 aliphatic carbocycles. The van der Waals surface area contributed by atoms with Crippen molar-refractivity contribution in [3.63, 3.8) is 0 Å². The van der Waals surface area contributed by atoms with E-state index in [2.05, 4.69) is 10.5 Å². The van der Waals surface area contributed by atoms with Crippen molar-refractivity contribution < 1.29 is 14.3 Å². The lowest BCUT2D eigenvalue weighted by Crippen LogP contribution is -2.19. The Bertz CT molecular complexity index is 680. The summed E-state index contributed by atoms with van der Waals surface area (Å²) < 4.78 is 10.4. The number of nitrogens with zero attached hydrogens (tertiary/aromatic N) is 1. The minimum atomic E-state index is -0.183. The topological polar surface area (TPSA) is 59.9 Å². The molecule has 1 N–H and O–H groups in total. The van der Waals surface area contributed by atoms with Gasteiger partial charge in [-0.25, -0.2) is 5.43 Å². The number of hydrogen-bond donors (Lipinski definition) is 1. The van der Waals surface area contributed by atoms with Gasteiger partial charge in [0, 0.05) is 4.88 Å². The van der Waals surface area contributed by atoms with Crippen LogP contribution in [0.3, 0.4) is 0 Å². The third kappa shape index (κ3) is 4.08. The molecule has 22 heavy (non-hydrogen) atoms. The van der Waals surface area contributed by atoms with Crippen molar-refractivity contribution in [2.75, 3.05) is 14.2 Å². The Morgan fingerprint density at radius 3 is 2.68 bits per heavy atom. The van der Waals surface area contributed by atoms with Crippen LogP contribution >= 0.6 is 11.3 Å². The summed E-state index contributed by atoms with van der Waals surface area (Å²) in [5.74, 6) is 1.06. The third-order valence-electron chi connectivity index (χ3n) is 3.09. The molecular formula is C16H18N2O3S. The Labute approximate surface area is 133 Å². The molecule has 0 saturated heterocycles. The molecule has 1 heterocycles. The van der Waals surface area contributed by atoms with Crippen LogP contribution in [-0.2, 0) is 11.2 Å². The van der Waals surface area contributed by atoms with Gasteiger partial charge < -0.3 is 9.47 Å². The maximum absolute atomic E-state index is 11.9. The molecule has 0 aliphatic rings. The van der Waals surface area contributed by atoms with Crippen LogP contribution in [0, 0.1) is 6.92 Å². The zero-order chi connectivity index (χ0) is 15.9. The second-order valence-electron chi connectivity index (χ2n) is 4.63. The number of ether oxygens (including phenoxy) is 2. The molecule has 6 heteroatoms. The predicted molar refractivity (Wildman–Crippen MR) is 88.0 cm³/mol. The minimum absolute atomic E-state index is 0.183. The van der Waals surface area contributed by atoms with Crippen LogP contribution < -0.4 is 14.9 Å². The molecule has 0 radical (unpaired) electrons. The summed E-state index contributed by atoms with van der Waals surface area (Å²) in [6.07, 6.45) is 1.88. The molecule has 0 spiro atoms. The van der Waals surface area contributed by atoms with Crippen molar-refractivity contribution in [2.24, 2.45) is 5.10 Å². The second kappa shape index (κ2) is 7.61. The fourth-order valence-electron chi connectivity index (χ4n) is 1.90. The van der Waals surface area contributed by atoms with Gasteiger partial charge in [0.2, 0.25) is 5.91 Å². The molecule has 0 atom stereocenters. The van der Waals surface area contributed by atoms with Gasteiger partial charge in [0.1, 0.15) is 0 Å². The summed E-state index contributed by atoms with van der Waals surface area (Å²) in [5, 5.41) is 5.97. The monoisotopic (exact) mass is 318 g/mol. The number of rotatable bonds is 6. The number of carbonyl (C=O) groups excluding carboxylic acids is 1. The maximum Gasteiger partial charge on any atom is 0.244 e. The molecule has 5 nitrogen and oxygen atoms in total. The van der Waals surface area contributed by atoms with Crippen LogP contribution in [0.5, 0.6) is 11.5 Å². The summed E-state index contributed by atoms with van der Waals surface area (Å²) in [6.45, 7) is 2.00. The van der Waals surface area contributed by atoms with Crippen molar-refractivity contribution in [2.45, 2.75) is 13.3 Å². The van der Waals surface area contributed by atoms with Gasteiger partial charge in [-0.3, -0.25) is 4.79 Å². The first kappa shape index (κ1) is 16.0. The van der Waals surface area contributed by atoms with Crippen molar-refractivity contribution >= 4 is 23.5 Å². The summed E-state index contributed by atoms with van der Waals surface area (Å²) in [5.41, 5.74) is 4.50. The number of hydrazone groups is 1. The van der Waals surface area contributed by atoms with E-state index in [1.807, 2.05) is 24.4 Å². The highest BCUT2D eigenvalue weighted by Gasteiger charge is 2.07. The second-order valence-corrected chi connectivity index (χ2v) is 5.57.